The maximum atomic E-state index is 11.7. The van der Waals surface area contributed by atoms with Crippen molar-refractivity contribution in [1.29, 1.82) is 5.26 Å². The van der Waals surface area contributed by atoms with Gasteiger partial charge in [0.15, 0.2) is 5.82 Å². The van der Waals surface area contributed by atoms with Crippen molar-refractivity contribution in [2.24, 2.45) is 11.3 Å². The molecule has 0 bridgehead atoms. The fourth-order valence-corrected chi connectivity index (χ4v) is 6.49. The number of rotatable bonds is 9. The number of nitriles is 1. The van der Waals surface area contributed by atoms with Crippen LogP contribution in [0.1, 0.15) is 38.2 Å². The molecule has 10 nitrogen and oxygen atoms in total. The molecule has 3 aromatic heterocycles. The number of nitrogens with zero attached hydrogens (tertiary/aromatic N) is 7. The van der Waals surface area contributed by atoms with Crippen LogP contribution < -0.4 is 10.2 Å². The average Bonchev–Trinajstić information content (AvgIpc) is 3.51. The third kappa shape index (κ3) is 5.36. The zero-order chi connectivity index (χ0) is 28.1. The average molecular weight is 557 g/mol. The van der Waals surface area contributed by atoms with Crippen LogP contribution >= 0.6 is 0 Å². The third-order valence-corrected chi connectivity index (χ3v) is 8.81. The summed E-state index contributed by atoms with van der Waals surface area (Å²) in [6.45, 7) is 6.37. The summed E-state index contributed by atoms with van der Waals surface area (Å²) in [5.41, 5.74) is 2.81. The minimum atomic E-state index is -2.99. The van der Waals surface area contributed by atoms with E-state index in [2.05, 4.69) is 63.4 Å². The van der Waals surface area contributed by atoms with Crippen LogP contribution in [0.4, 0.5) is 17.3 Å². The molecule has 0 amide bonds. The van der Waals surface area contributed by atoms with Crippen LogP contribution in [0.25, 0.3) is 22.2 Å². The van der Waals surface area contributed by atoms with Gasteiger partial charge in [0.05, 0.1) is 35.5 Å². The summed E-state index contributed by atoms with van der Waals surface area (Å²) < 4.78 is 25.2. The van der Waals surface area contributed by atoms with Crippen LogP contribution in [0, 0.1) is 22.7 Å². The molecule has 4 aromatic rings. The summed E-state index contributed by atoms with van der Waals surface area (Å²) in [4.78, 5) is 16.1. The zero-order valence-electron chi connectivity index (χ0n) is 22.9. The van der Waals surface area contributed by atoms with Crippen molar-refractivity contribution in [3.8, 4) is 17.5 Å². The normalized spacial score (nSPS) is 16.6. The highest BCUT2D eigenvalue weighted by atomic mass is 32.2. The van der Waals surface area contributed by atoms with Crippen LogP contribution in [0.3, 0.4) is 0 Å². The first kappa shape index (κ1) is 26.2. The molecule has 1 aliphatic carbocycles. The predicted octanol–water partition coefficient (Wildman–Crippen LogP) is 4.54. The number of nitrogens with one attached hydrogen (secondary N) is 1. The second-order valence-electron chi connectivity index (χ2n) is 11.5. The maximum absolute atomic E-state index is 11.7. The van der Waals surface area contributed by atoms with Crippen LogP contribution in [-0.4, -0.2) is 58.2 Å². The monoisotopic (exact) mass is 556 g/mol. The van der Waals surface area contributed by atoms with Gasteiger partial charge in [-0.1, -0.05) is 19.9 Å². The van der Waals surface area contributed by atoms with E-state index in [0.29, 0.717) is 29.9 Å². The lowest BCUT2D eigenvalue weighted by molar-refractivity contribution is 0.445. The molecule has 1 aliphatic heterocycles. The van der Waals surface area contributed by atoms with Crippen molar-refractivity contribution < 1.29 is 8.42 Å². The fraction of sp³-hybridized carbons (Fsp3) is 0.414. The molecule has 0 spiro atoms. The summed E-state index contributed by atoms with van der Waals surface area (Å²) >= 11 is 0. The van der Waals surface area contributed by atoms with Crippen molar-refractivity contribution in [3.05, 3.63) is 54.6 Å². The molecule has 1 N–H and O–H groups in total. The molecule has 4 heterocycles. The molecule has 206 valence electrons. The number of fused-ring (bicyclic) bond motifs is 1. The largest absolute Gasteiger partial charge is 0.370 e. The van der Waals surface area contributed by atoms with Crippen molar-refractivity contribution in [1.82, 2.24) is 24.7 Å². The number of pyridine rings is 1. The Kier molecular flexibility index (Phi) is 6.45. The first-order valence-corrected chi connectivity index (χ1v) is 15.6. The summed E-state index contributed by atoms with van der Waals surface area (Å²) in [7, 11) is -2.99. The molecule has 2 fully saturated rings. The van der Waals surface area contributed by atoms with Gasteiger partial charge in [0, 0.05) is 54.9 Å². The van der Waals surface area contributed by atoms with Gasteiger partial charge in [-0.05, 0) is 47.9 Å². The second kappa shape index (κ2) is 9.86. The summed E-state index contributed by atoms with van der Waals surface area (Å²) in [6, 6.07) is 10.5. The third-order valence-electron chi connectivity index (χ3n) is 7.73. The molecule has 11 heteroatoms. The van der Waals surface area contributed by atoms with E-state index in [4.69, 9.17) is 4.98 Å². The topological polar surface area (TPSA) is 130 Å². The van der Waals surface area contributed by atoms with Gasteiger partial charge in [-0.25, -0.2) is 23.4 Å². The van der Waals surface area contributed by atoms with Gasteiger partial charge in [-0.15, -0.1) is 0 Å². The molecule has 0 unspecified atom stereocenters. The molecule has 1 saturated heterocycles. The minimum absolute atomic E-state index is 0.156. The van der Waals surface area contributed by atoms with Gasteiger partial charge in [0.2, 0.25) is 0 Å². The summed E-state index contributed by atoms with van der Waals surface area (Å²) in [5, 5.41) is 19.3. The number of sulfone groups is 1. The number of hydrogen-bond donors (Lipinski definition) is 1. The van der Waals surface area contributed by atoms with Crippen LogP contribution in [-0.2, 0) is 16.4 Å². The molecule has 1 saturated carbocycles. The Balaban J connectivity index is 1.24. The van der Waals surface area contributed by atoms with E-state index in [0.717, 1.165) is 48.0 Å². The lowest BCUT2D eigenvalue weighted by Crippen LogP contribution is -2.49. The Morgan fingerprint density at radius 3 is 2.62 bits per heavy atom. The summed E-state index contributed by atoms with van der Waals surface area (Å²) in [6.07, 6.45) is 10.3. The Morgan fingerprint density at radius 2 is 1.93 bits per heavy atom. The lowest BCUT2D eigenvalue weighted by atomic mass is 9.93. The quantitative estimate of drug-likeness (QED) is 0.316. The van der Waals surface area contributed by atoms with Crippen molar-refractivity contribution in [3.63, 3.8) is 0 Å². The molecule has 1 aromatic carbocycles. The zero-order valence-corrected chi connectivity index (χ0v) is 23.7. The predicted molar refractivity (Wildman–Crippen MR) is 155 cm³/mol. The fourth-order valence-electron chi connectivity index (χ4n) is 5.42. The van der Waals surface area contributed by atoms with Crippen molar-refractivity contribution in [2.75, 3.05) is 35.3 Å². The molecule has 6 rings (SSSR count). The molecule has 2 aliphatic rings. The molecule has 40 heavy (non-hydrogen) atoms. The van der Waals surface area contributed by atoms with Gasteiger partial charge in [-0.2, -0.15) is 10.4 Å². The van der Waals surface area contributed by atoms with E-state index in [1.165, 1.54) is 11.8 Å². The number of anilines is 3. The number of aromatic nitrogens is 5. The molecule has 0 atom stereocenters. The standard InChI is InChI=1S/C29H32N8O2S/c1-19(2)22-4-5-25(36-13-20(14-36)16-40(3,38)39)24-12-32-27(10-23(22)24)34-26-6-9-31-28(35-26)21-11-33-37(15-21)18-29(17-30)7-8-29/h4-6,9-12,15,19-20H,7-8,13-14,16,18H2,1-3H3,(H,31,32,34,35). The van der Waals surface area contributed by atoms with Crippen molar-refractivity contribution in [2.45, 2.75) is 39.2 Å². The van der Waals surface area contributed by atoms with Crippen molar-refractivity contribution >= 4 is 37.9 Å². The number of hydrogen-bond acceptors (Lipinski definition) is 9. The van der Waals surface area contributed by atoms with E-state index < -0.39 is 9.84 Å². The first-order valence-electron chi connectivity index (χ1n) is 13.5. The highest BCUT2D eigenvalue weighted by molar-refractivity contribution is 7.90. The van der Waals surface area contributed by atoms with E-state index in [1.54, 1.807) is 23.1 Å². The van der Waals surface area contributed by atoms with Gasteiger partial charge < -0.3 is 10.2 Å². The van der Waals surface area contributed by atoms with Gasteiger partial charge in [0.25, 0.3) is 0 Å². The van der Waals surface area contributed by atoms with Gasteiger partial charge in [0.1, 0.15) is 21.5 Å². The van der Waals surface area contributed by atoms with Gasteiger partial charge >= 0.3 is 0 Å². The molecule has 0 radical (unpaired) electrons. The van der Waals surface area contributed by atoms with Crippen LogP contribution in [0.2, 0.25) is 0 Å². The van der Waals surface area contributed by atoms with E-state index >= 15 is 0 Å². The smallest absolute Gasteiger partial charge is 0.164 e. The Morgan fingerprint density at radius 1 is 1.12 bits per heavy atom. The second-order valence-corrected chi connectivity index (χ2v) is 13.7. The van der Waals surface area contributed by atoms with Crippen LogP contribution in [0.5, 0.6) is 0 Å². The van der Waals surface area contributed by atoms with E-state index in [1.807, 2.05) is 12.4 Å². The van der Waals surface area contributed by atoms with Crippen LogP contribution in [0.15, 0.2) is 49.1 Å². The summed E-state index contributed by atoms with van der Waals surface area (Å²) in [5.74, 6) is 2.54. The SMILES string of the molecule is CC(C)c1ccc(N2CC(CS(C)(=O)=O)C2)c2cnc(Nc3ccnc(-c4cnn(CC5(C#N)CC5)c4)n3)cc12. The highest BCUT2D eigenvalue weighted by Crippen LogP contribution is 2.46. The Hall–Kier alpha value is -4.04. The minimum Gasteiger partial charge on any atom is -0.370 e. The first-order chi connectivity index (χ1) is 19.1. The molecular weight excluding hydrogens is 524 g/mol. The lowest BCUT2D eigenvalue weighted by Gasteiger charge is -2.41. The Labute approximate surface area is 234 Å². The van der Waals surface area contributed by atoms with E-state index in [9.17, 15) is 13.7 Å². The number of benzene rings is 1. The van der Waals surface area contributed by atoms with E-state index in [-0.39, 0.29) is 17.1 Å². The maximum Gasteiger partial charge on any atom is 0.164 e. The highest BCUT2D eigenvalue weighted by Gasteiger charge is 2.43. The van der Waals surface area contributed by atoms with Gasteiger partial charge in [-0.3, -0.25) is 4.68 Å². The Bertz CT molecular complexity index is 1730. The molecular formula is C29H32N8O2S.